The Morgan fingerprint density at radius 2 is 2.08 bits per heavy atom. The molecule has 2 aliphatic rings. The molecule has 11 heteroatoms. The standard InChI is InChI=1S/C28H30F3N5O3/c1-17(15-37)16-39-22-8-9-32-24(13-22)33-27(38)36-21-7-4-10-35(14-21)23-11-18(2)25(34-26(23)36)19-5-3-6-20(12-19)28(29,30)31/h3,5-6,8-9,11-13,17,21,37H,4,7,10,14-16H2,1-2H3,(H,32,33,38)/t17-,21+/m1/s1. The Morgan fingerprint density at radius 1 is 1.26 bits per heavy atom. The van der Waals surface area contributed by atoms with Gasteiger partial charge in [-0.05, 0) is 49.6 Å². The Morgan fingerprint density at radius 3 is 2.85 bits per heavy atom. The number of hydrogen-bond acceptors (Lipinski definition) is 6. The number of amides is 2. The Hall–Kier alpha value is -3.86. The van der Waals surface area contributed by atoms with Crippen molar-refractivity contribution in [3.8, 4) is 17.0 Å². The van der Waals surface area contributed by atoms with Crippen LogP contribution < -0.4 is 19.9 Å². The fourth-order valence-electron chi connectivity index (χ4n) is 4.98. The maximum absolute atomic E-state index is 13.7. The first-order chi connectivity index (χ1) is 18.6. The molecule has 4 heterocycles. The number of carbonyl (C=O) groups is 1. The molecule has 1 fully saturated rings. The minimum absolute atomic E-state index is 0.00356. The summed E-state index contributed by atoms with van der Waals surface area (Å²) >= 11 is 0. The fraction of sp³-hybridized carbons (Fsp3) is 0.393. The molecule has 5 rings (SSSR count). The zero-order chi connectivity index (χ0) is 27.7. The number of fused-ring (bicyclic) bond motifs is 4. The van der Waals surface area contributed by atoms with Crippen LogP contribution in [0.4, 0.5) is 35.3 Å². The third-order valence-corrected chi connectivity index (χ3v) is 7.00. The third-order valence-electron chi connectivity index (χ3n) is 7.00. The lowest BCUT2D eigenvalue weighted by atomic mass is 9.97. The van der Waals surface area contributed by atoms with Gasteiger partial charge < -0.3 is 14.7 Å². The summed E-state index contributed by atoms with van der Waals surface area (Å²) in [6.07, 6.45) is -1.29. The van der Waals surface area contributed by atoms with Gasteiger partial charge in [0.1, 0.15) is 11.6 Å². The van der Waals surface area contributed by atoms with Gasteiger partial charge >= 0.3 is 12.2 Å². The number of alkyl halides is 3. The Labute approximate surface area is 224 Å². The number of ether oxygens (including phenoxy) is 1. The molecule has 2 bridgehead atoms. The first-order valence-electron chi connectivity index (χ1n) is 12.9. The minimum atomic E-state index is -4.48. The second-order valence-electron chi connectivity index (χ2n) is 10.1. The van der Waals surface area contributed by atoms with E-state index in [4.69, 9.17) is 9.72 Å². The molecule has 2 atom stereocenters. The van der Waals surface area contributed by atoms with Crippen LogP contribution in [-0.2, 0) is 6.18 Å². The molecule has 2 N–H and O–H groups in total. The number of hydrogen-bond donors (Lipinski definition) is 2. The van der Waals surface area contributed by atoms with Crippen molar-refractivity contribution in [3.05, 3.63) is 59.8 Å². The molecular formula is C28H30F3N5O3. The number of aliphatic hydroxyl groups is 1. The molecule has 0 unspecified atom stereocenters. The summed E-state index contributed by atoms with van der Waals surface area (Å²) in [6, 6.07) is 9.67. The van der Waals surface area contributed by atoms with Crippen LogP contribution >= 0.6 is 0 Å². The summed E-state index contributed by atoms with van der Waals surface area (Å²) < 4.78 is 45.9. The Kier molecular flexibility index (Phi) is 7.35. The smallest absolute Gasteiger partial charge is 0.416 e. The first-order valence-corrected chi connectivity index (χ1v) is 12.9. The zero-order valence-corrected chi connectivity index (χ0v) is 21.7. The molecule has 3 aromatic rings. The first kappa shape index (κ1) is 26.7. The highest BCUT2D eigenvalue weighted by atomic mass is 19.4. The molecule has 2 amide bonds. The quantitative estimate of drug-likeness (QED) is 0.429. The van der Waals surface area contributed by atoms with E-state index < -0.39 is 17.8 Å². The van der Waals surface area contributed by atoms with Crippen molar-refractivity contribution in [2.24, 2.45) is 5.92 Å². The van der Waals surface area contributed by atoms with Crippen LogP contribution in [0.15, 0.2) is 48.7 Å². The van der Waals surface area contributed by atoms with Gasteiger partial charge in [-0.15, -0.1) is 0 Å². The van der Waals surface area contributed by atoms with Gasteiger partial charge in [-0.1, -0.05) is 19.1 Å². The fourth-order valence-corrected chi connectivity index (χ4v) is 4.98. The molecule has 8 nitrogen and oxygen atoms in total. The van der Waals surface area contributed by atoms with Crippen LogP contribution in [0.5, 0.6) is 5.75 Å². The van der Waals surface area contributed by atoms with Gasteiger partial charge in [0, 0.05) is 43.4 Å². The van der Waals surface area contributed by atoms with E-state index in [0.29, 0.717) is 41.8 Å². The highest BCUT2D eigenvalue weighted by molar-refractivity contribution is 6.04. The van der Waals surface area contributed by atoms with Gasteiger partial charge in [0.25, 0.3) is 0 Å². The van der Waals surface area contributed by atoms with Crippen molar-refractivity contribution in [3.63, 3.8) is 0 Å². The van der Waals surface area contributed by atoms with Crippen LogP contribution in [-0.4, -0.2) is 53.5 Å². The van der Waals surface area contributed by atoms with Crippen molar-refractivity contribution >= 4 is 23.4 Å². The molecule has 39 heavy (non-hydrogen) atoms. The van der Waals surface area contributed by atoms with Gasteiger partial charge in [-0.2, -0.15) is 13.2 Å². The topological polar surface area (TPSA) is 90.8 Å². The number of anilines is 3. The van der Waals surface area contributed by atoms with E-state index in [1.165, 1.54) is 12.3 Å². The van der Waals surface area contributed by atoms with Crippen LogP contribution in [0.2, 0.25) is 0 Å². The summed E-state index contributed by atoms with van der Waals surface area (Å²) in [6.45, 7) is 5.43. The normalized spacial score (nSPS) is 17.4. The van der Waals surface area contributed by atoms with Crippen LogP contribution in [0, 0.1) is 12.8 Å². The average Bonchev–Trinajstić information content (AvgIpc) is 2.92. The number of piperidine rings is 1. The number of rotatable bonds is 6. The SMILES string of the molecule is Cc1cc2c(nc1-c1cccc(C(F)(F)F)c1)N(C(=O)Nc1cc(OC[C@H](C)CO)ccn1)[C@H]1CCCN2C1. The molecule has 2 aromatic heterocycles. The molecule has 1 saturated heterocycles. The lowest BCUT2D eigenvalue weighted by Gasteiger charge is -2.46. The lowest BCUT2D eigenvalue weighted by Crippen LogP contribution is -2.56. The van der Waals surface area contributed by atoms with Crippen LogP contribution in [0.3, 0.4) is 0 Å². The van der Waals surface area contributed by atoms with Crippen molar-refractivity contribution in [1.29, 1.82) is 0 Å². The van der Waals surface area contributed by atoms with Crippen LogP contribution in [0.25, 0.3) is 11.3 Å². The van der Waals surface area contributed by atoms with Gasteiger partial charge in [0.05, 0.1) is 29.6 Å². The summed E-state index contributed by atoms with van der Waals surface area (Å²) in [5, 5.41) is 12.1. The number of aliphatic hydroxyl groups excluding tert-OH is 1. The number of carbonyl (C=O) groups excluding carboxylic acids is 1. The van der Waals surface area contributed by atoms with Crippen molar-refractivity contribution < 1.29 is 27.8 Å². The predicted molar refractivity (Wildman–Crippen MR) is 142 cm³/mol. The highest BCUT2D eigenvalue weighted by Crippen LogP contribution is 2.41. The van der Waals surface area contributed by atoms with E-state index in [1.807, 2.05) is 19.9 Å². The largest absolute Gasteiger partial charge is 0.493 e. The number of benzene rings is 1. The molecule has 0 spiro atoms. The van der Waals surface area contributed by atoms with E-state index >= 15 is 0 Å². The maximum atomic E-state index is 13.7. The second-order valence-corrected chi connectivity index (χ2v) is 10.1. The molecule has 0 radical (unpaired) electrons. The van der Waals surface area contributed by atoms with E-state index in [0.717, 1.165) is 42.8 Å². The number of aromatic nitrogens is 2. The molecule has 0 saturated carbocycles. The zero-order valence-electron chi connectivity index (χ0n) is 21.7. The van der Waals surface area contributed by atoms with E-state index in [2.05, 4.69) is 15.2 Å². The molecule has 1 aromatic carbocycles. The second kappa shape index (κ2) is 10.7. The van der Waals surface area contributed by atoms with Gasteiger partial charge in [0.15, 0.2) is 5.82 Å². The number of aryl methyl sites for hydroxylation is 1. The minimum Gasteiger partial charge on any atom is -0.493 e. The number of nitrogens with zero attached hydrogens (tertiary/aromatic N) is 4. The van der Waals surface area contributed by atoms with Gasteiger partial charge in [-0.25, -0.2) is 14.8 Å². The van der Waals surface area contributed by atoms with Crippen LogP contribution in [0.1, 0.15) is 30.9 Å². The number of halogens is 3. The summed E-state index contributed by atoms with van der Waals surface area (Å²) in [4.78, 5) is 26.5. The average molecular weight is 542 g/mol. The summed E-state index contributed by atoms with van der Waals surface area (Å²) in [5.41, 5.74) is 1.47. The Balaban J connectivity index is 1.48. The number of urea groups is 1. The van der Waals surface area contributed by atoms with Crippen molar-refractivity contribution in [2.75, 3.05) is 41.4 Å². The Bertz CT molecular complexity index is 1370. The monoisotopic (exact) mass is 541 g/mol. The predicted octanol–water partition coefficient (Wildman–Crippen LogP) is 5.50. The summed E-state index contributed by atoms with van der Waals surface area (Å²) in [5.74, 6) is 1.16. The number of pyridine rings is 2. The third kappa shape index (κ3) is 5.63. The van der Waals surface area contributed by atoms with E-state index in [-0.39, 0.29) is 18.6 Å². The summed E-state index contributed by atoms with van der Waals surface area (Å²) in [7, 11) is 0. The highest BCUT2D eigenvalue weighted by Gasteiger charge is 2.39. The van der Waals surface area contributed by atoms with E-state index in [9.17, 15) is 23.1 Å². The molecule has 0 aliphatic carbocycles. The van der Waals surface area contributed by atoms with Crippen molar-refractivity contribution in [2.45, 2.75) is 38.9 Å². The molecule has 2 aliphatic heterocycles. The van der Waals surface area contributed by atoms with Gasteiger partial charge in [0.2, 0.25) is 0 Å². The molecular weight excluding hydrogens is 511 g/mol. The molecule has 206 valence electrons. The van der Waals surface area contributed by atoms with Crippen molar-refractivity contribution in [1.82, 2.24) is 9.97 Å². The van der Waals surface area contributed by atoms with E-state index in [1.54, 1.807) is 23.1 Å². The number of nitrogens with one attached hydrogen (secondary N) is 1. The lowest BCUT2D eigenvalue weighted by molar-refractivity contribution is -0.137. The maximum Gasteiger partial charge on any atom is 0.416 e. The van der Waals surface area contributed by atoms with Gasteiger partial charge in [-0.3, -0.25) is 10.2 Å².